The molecule has 0 unspecified atom stereocenters. The van der Waals surface area contributed by atoms with Crippen LogP contribution in [0.25, 0.3) is 0 Å². The SMILES string of the molecule is CCCCS(=O)(=O)Nc1ccc(Nc2c(F)cccc2F)nn1. The minimum absolute atomic E-state index is 0.00831. The van der Waals surface area contributed by atoms with Crippen molar-refractivity contribution in [2.45, 2.75) is 19.8 Å². The number of aromatic nitrogens is 2. The number of benzene rings is 1. The van der Waals surface area contributed by atoms with Crippen LogP contribution in [0.1, 0.15) is 19.8 Å². The number of halogens is 2. The average molecular weight is 342 g/mol. The Balaban J connectivity index is 2.08. The Morgan fingerprint density at radius 2 is 1.65 bits per heavy atom. The van der Waals surface area contributed by atoms with Gasteiger partial charge in [0.05, 0.1) is 5.75 Å². The molecule has 2 N–H and O–H groups in total. The molecule has 2 aromatic rings. The second kappa shape index (κ2) is 7.32. The molecule has 0 aliphatic rings. The first-order valence-corrected chi connectivity index (χ1v) is 8.62. The van der Waals surface area contributed by atoms with Gasteiger partial charge in [0.1, 0.15) is 17.3 Å². The predicted octanol–water partition coefficient (Wildman–Crippen LogP) is 3.04. The summed E-state index contributed by atoms with van der Waals surface area (Å²) in [6.45, 7) is 1.89. The van der Waals surface area contributed by atoms with Crippen molar-refractivity contribution < 1.29 is 17.2 Å². The van der Waals surface area contributed by atoms with Crippen LogP contribution in [0.4, 0.5) is 26.1 Å². The van der Waals surface area contributed by atoms with E-state index < -0.39 is 21.7 Å². The van der Waals surface area contributed by atoms with E-state index in [1.807, 2.05) is 6.92 Å². The van der Waals surface area contributed by atoms with E-state index in [1.54, 1.807) is 0 Å². The summed E-state index contributed by atoms with van der Waals surface area (Å²) in [5, 5.41) is 9.84. The Morgan fingerprint density at radius 3 is 2.22 bits per heavy atom. The molecule has 6 nitrogen and oxygen atoms in total. The van der Waals surface area contributed by atoms with Gasteiger partial charge in [-0.2, -0.15) is 0 Å². The smallest absolute Gasteiger partial charge is 0.233 e. The van der Waals surface area contributed by atoms with Gasteiger partial charge >= 0.3 is 0 Å². The number of sulfonamides is 1. The number of para-hydroxylation sites is 1. The number of nitrogens with one attached hydrogen (secondary N) is 2. The summed E-state index contributed by atoms with van der Waals surface area (Å²) in [6, 6.07) is 6.19. The van der Waals surface area contributed by atoms with E-state index in [4.69, 9.17) is 0 Å². The molecule has 1 aromatic heterocycles. The quantitative estimate of drug-likeness (QED) is 0.808. The Kier molecular flexibility index (Phi) is 5.43. The maximum Gasteiger partial charge on any atom is 0.233 e. The van der Waals surface area contributed by atoms with Gasteiger partial charge in [-0.15, -0.1) is 10.2 Å². The number of nitrogens with zero attached hydrogens (tertiary/aromatic N) is 2. The highest BCUT2D eigenvalue weighted by Gasteiger charge is 2.12. The maximum atomic E-state index is 13.5. The Hall–Kier alpha value is -2.29. The summed E-state index contributed by atoms with van der Waals surface area (Å²) >= 11 is 0. The molecule has 23 heavy (non-hydrogen) atoms. The van der Waals surface area contributed by atoms with Crippen molar-refractivity contribution in [2.24, 2.45) is 0 Å². The normalized spacial score (nSPS) is 11.3. The lowest BCUT2D eigenvalue weighted by atomic mass is 10.3. The molecule has 0 amide bonds. The minimum Gasteiger partial charge on any atom is -0.334 e. The lowest BCUT2D eigenvalue weighted by Gasteiger charge is -2.09. The van der Waals surface area contributed by atoms with Crippen molar-refractivity contribution in [1.82, 2.24) is 10.2 Å². The molecular formula is C14H16F2N4O2S. The second-order valence-electron chi connectivity index (χ2n) is 4.80. The fourth-order valence-corrected chi connectivity index (χ4v) is 2.94. The van der Waals surface area contributed by atoms with Crippen LogP contribution < -0.4 is 10.0 Å². The zero-order valence-electron chi connectivity index (χ0n) is 12.4. The molecule has 124 valence electrons. The average Bonchev–Trinajstić information content (AvgIpc) is 2.50. The Labute approximate surface area is 133 Å². The molecule has 0 saturated carbocycles. The molecule has 1 aromatic carbocycles. The van der Waals surface area contributed by atoms with Gasteiger partial charge in [0, 0.05) is 0 Å². The van der Waals surface area contributed by atoms with Crippen LogP contribution in [0.3, 0.4) is 0 Å². The standard InChI is InChI=1S/C14H16F2N4O2S/c1-2-3-9-23(21,22)20-13-8-7-12(18-19-13)17-14-10(15)5-4-6-11(14)16/h4-8H,2-3,9H2,1H3,(H,17,18)(H,19,20). The third kappa shape index (κ3) is 4.85. The highest BCUT2D eigenvalue weighted by molar-refractivity contribution is 7.92. The van der Waals surface area contributed by atoms with Gasteiger partial charge in [-0.1, -0.05) is 19.4 Å². The maximum absolute atomic E-state index is 13.5. The topological polar surface area (TPSA) is 84.0 Å². The third-order valence-electron chi connectivity index (χ3n) is 2.91. The molecular weight excluding hydrogens is 326 g/mol. The first kappa shape index (κ1) is 17.1. The molecule has 0 fully saturated rings. The van der Waals surface area contributed by atoms with E-state index in [0.29, 0.717) is 6.42 Å². The van der Waals surface area contributed by atoms with Crippen molar-refractivity contribution in [2.75, 3.05) is 15.8 Å². The van der Waals surface area contributed by atoms with E-state index in [1.165, 1.54) is 18.2 Å². The lowest BCUT2D eigenvalue weighted by Crippen LogP contribution is -2.17. The number of hydrogen-bond donors (Lipinski definition) is 2. The number of anilines is 3. The van der Waals surface area contributed by atoms with Crippen molar-refractivity contribution in [1.29, 1.82) is 0 Å². The zero-order chi connectivity index (χ0) is 16.9. The van der Waals surface area contributed by atoms with Gasteiger partial charge in [-0.3, -0.25) is 4.72 Å². The first-order valence-electron chi connectivity index (χ1n) is 6.96. The lowest BCUT2D eigenvalue weighted by molar-refractivity contribution is 0.590. The van der Waals surface area contributed by atoms with Crippen LogP contribution in [0.2, 0.25) is 0 Å². The fraction of sp³-hybridized carbons (Fsp3) is 0.286. The number of hydrogen-bond acceptors (Lipinski definition) is 5. The van der Waals surface area contributed by atoms with Crippen LogP contribution in [0.5, 0.6) is 0 Å². The summed E-state index contributed by atoms with van der Waals surface area (Å²) in [5.74, 6) is -1.41. The van der Waals surface area contributed by atoms with Crippen LogP contribution in [0.15, 0.2) is 30.3 Å². The van der Waals surface area contributed by atoms with Gasteiger partial charge in [-0.25, -0.2) is 17.2 Å². The van der Waals surface area contributed by atoms with E-state index in [2.05, 4.69) is 20.2 Å². The summed E-state index contributed by atoms with van der Waals surface area (Å²) in [6.07, 6.45) is 1.29. The fourth-order valence-electron chi connectivity index (χ4n) is 1.74. The van der Waals surface area contributed by atoms with Crippen molar-refractivity contribution in [3.8, 4) is 0 Å². The van der Waals surface area contributed by atoms with Gasteiger partial charge in [0.15, 0.2) is 11.6 Å². The molecule has 0 aliphatic carbocycles. The van der Waals surface area contributed by atoms with Gasteiger partial charge < -0.3 is 5.32 Å². The number of unbranched alkanes of at least 4 members (excludes halogenated alkanes) is 1. The van der Waals surface area contributed by atoms with Gasteiger partial charge in [0.2, 0.25) is 10.0 Å². The first-order chi connectivity index (χ1) is 10.9. The molecule has 0 atom stereocenters. The second-order valence-corrected chi connectivity index (χ2v) is 6.64. The largest absolute Gasteiger partial charge is 0.334 e. The molecule has 0 spiro atoms. The third-order valence-corrected chi connectivity index (χ3v) is 4.25. The highest BCUT2D eigenvalue weighted by Crippen LogP contribution is 2.22. The summed E-state index contributed by atoms with van der Waals surface area (Å²) in [4.78, 5) is 0. The molecule has 0 bridgehead atoms. The van der Waals surface area contributed by atoms with Crippen LogP contribution >= 0.6 is 0 Å². The van der Waals surface area contributed by atoms with Crippen molar-refractivity contribution >= 4 is 27.3 Å². The molecule has 2 rings (SSSR count). The van der Waals surface area contributed by atoms with Crippen LogP contribution in [0, 0.1) is 11.6 Å². The molecule has 9 heteroatoms. The Morgan fingerprint density at radius 1 is 1.04 bits per heavy atom. The highest BCUT2D eigenvalue weighted by atomic mass is 32.2. The predicted molar refractivity (Wildman–Crippen MR) is 84.0 cm³/mol. The Bertz CT molecular complexity index is 747. The summed E-state index contributed by atoms with van der Waals surface area (Å²) < 4.78 is 52.8. The molecule has 0 radical (unpaired) electrons. The van der Waals surface area contributed by atoms with Crippen molar-refractivity contribution in [3.63, 3.8) is 0 Å². The zero-order valence-corrected chi connectivity index (χ0v) is 13.2. The van der Waals surface area contributed by atoms with E-state index >= 15 is 0 Å². The van der Waals surface area contributed by atoms with Gasteiger partial charge in [0.25, 0.3) is 0 Å². The minimum atomic E-state index is -3.47. The summed E-state index contributed by atoms with van der Waals surface area (Å²) in [5.41, 5.74) is -0.349. The van der Waals surface area contributed by atoms with Crippen LogP contribution in [-0.4, -0.2) is 24.4 Å². The molecule has 0 saturated heterocycles. The van der Waals surface area contributed by atoms with Crippen molar-refractivity contribution in [3.05, 3.63) is 42.0 Å². The summed E-state index contributed by atoms with van der Waals surface area (Å²) in [7, 11) is -3.47. The molecule has 1 heterocycles. The molecule has 0 aliphatic heterocycles. The monoisotopic (exact) mass is 342 g/mol. The van der Waals surface area contributed by atoms with Gasteiger partial charge in [-0.05, 0) is 30.7 Å². The van der Waals surface area contributed by atoms with E-state index in [-0.39, 0.29) is 23.1 Å². The van der Waals surface area contributed by atoms with E-state index in [9.17, 15) is 17.2 Å². The number of rotatable bonds is 7. The van der Waals surface area contributed by atoms with E-state index in [0.717, 1.165) is 18.6 Å². The van der Waals surface area contributed by atoms with Crippen LogP contribution in [-0.2, 0) is 10.0 Å².